The topological polar surface area (TPSA) is 603 Å². The van der Waals surface area contributed by atoms with Crippen molar-refractivity contribution in [3.05, 3.63) is 221 Å². The van der Waals surface area contributed by atoms with Crippen LogP contribution in [0.15, 0.2) is 204 Å². The van der Waals surface area contributed by atoms with Crippen LogP contribution in [-0.2, 0) is 191 Å². The Morgan fingerprint density at radius 3 is 0.657 bits per heavy atom. The lowest BCUT2D eigenvalue weighted by Gasteiger charge is -2.34. The molecule has 786 valence electrons. The van der Waals surface area contributed by atoms with Crippen LogP contribution in [0.4, 0.5) is 14.4 Å². The highest BCUT2D eigenvalue weighted by Crippen LogP contribution is 2.29. The maximum atomic E-state index is 14.4. The molecule has 0 aliphatic rings. The van der Waals surface area contributed by atoms with Crippen molar-refractivity contribution in [3.63, 3.8) is 0 Å². The molecule has 1 rings (SSSR count). The number of carbonyl (C=O) groups is 18. The first-order chi connectivity index (χ1) is 68.1. The monoisotopic (exact) mass is 2020 g/mol. The van der Waals surface area contributed by atoms with Gasteiger partial charge in [-0.2, -0.15) is 0 Å². The van der Waals surface area contributed by atoms with Gasteiger partial charge in [0.15, 0.2) is 18.8 Å². The van der Waals surface area contributed by atoms with Gasteiger partial charge in [0.1, 0.15) is 85.9 Å². The summed E-state index contributed by atoms with van der Waals surface area (Å²) in [6, 6.07) is 0. The van der Waals surface area contributed by atoms with Crippen molar-refractivity contribution in [2.75, 3.05) is 145 Å². The molecule has 1 aromatic heterocycles. The van der Waals surface area contributed by atoms with Crippen molar-refractivity contribution in [2.24, 2.45) is 16.2 Å². The van der Waals surface area contributed by atoms with Crippen LogP contribution >= 0.6 is 0 Å². The molecule has 1 aromatic rings. The minimum atomic E-state index is -2.56. The summed E-state index contributed by atoms with van der Waals surface area (Å²) in [5.74, 6) is -20.8. The van der Waals surface area contributed by atoms with E-state index in [9.17, 15) is 101 Å². The normalized spacial score (nSPS) is 11.0. The van der Waals surface area contributed by atoms with E-state index in [2.05, 4.69) is 115 Å². The molecular weight excluding hydrogens is 1900 g/mol. The summed E-state index contributed by atoms with van der Waals surface area (Å²) in [7, 11) is 0. The van der Waals surface area contributed by atoms with E-state index in [-0.39, 0.29) is 77.8 Å². The van der Waals surface area contributed by atoms with Crippen LogP contribution in [-0.4, -0.2) is 284 Å². The van der Waals surface area contributed by atoms with E-state index in [0.717, 1.165) is 80.5 Å². The Bertz CT molecular complexity index is 4490. The molecule has 3 amide bonds. The van der Waals surface area contributed by atoms with Crippen molar-refractivity contribution >= 4 is 108 Å². The van der Waals surface area contributed by atoms with Gasteiger partial charge in [-0.25, -0.2) is 114 Å². The summed E-state index contributed by atoms with van der Waals surface area (Å²) in [4.78, 5) is 270. The van der Waals surface area contributed by atoms with E-state index >= 15 is 0 Å². The van der Waals surface area contributed by atoms with E-state index in [1.165, 1.54) is 0 Å². The number of esters is 15. The number of unbranched alkanes of at least 4 members (excludes halogenated alkanes) is 9. The van der Waals surface area contributed by atoms with Crippen molar-refractivity contribution in [1.29, 1.82) is 0 Å². The van der Waals surface area contributed by atoms with Gasteiger partial charge in [-0.15, -0.1) is 0 Å². The number of hydrogen-bond donors (Lipinski definition) is 3. The van der Waals surface area contributed by atoms with Gasteiger partial charge in [-0.05, 0) is 38.5 Å². The molecule has 0 atom stereocenters. The Hall–Kier alpha value is -15.8. The first kappa shape index (κ1) is 125. The molecule has 0 saturated heterocycles. The highest BCUT2D eigenvalue weighted by atomic mass is 16.8. The molecule has 0 bridgehead atoms. The SMILES string of the molecule is C=CC(=O)OCC(COCCC(COC(=O)C=C)(COC(=O)C=C)OC(=O)NCCCCCCn1c(=O)n(CCCCCCNC(=O)OCC(COCC(COC(=O)C=C)(OC(=O)C=C)OC(=O)C=C)(COC(=O)C=C)COC(=O)C=C)c(=O)n(CCCCCCNC(=O)OCC(COCC(COC(=O)C=C)(OC(=O)C=C)OC(=O)C=C)(COC(=O)C=C)COC(=O)C=C)c1=O)(COC(=O)C=C)COC(=O)C=C. The van der Waals surface area contributed by atoms with E-state index in [1.807, 2.05) is 0 Å². The Labute approximate surface area is 822 Å². The van der Waals surface area contributed by atoms with Crippen molar-refractivity contribution in [2.45, 2.75) is 120 Å². The number of nitrogens with one attached hydrogen (secondary N) is 3. The van der Waals surface area contributed by atoms with Gasteiger partial charge in [0.2, 0.25) is 0 Å². The lowest BCUT2D eigenvalue weighted by Crippen LogP contribution is -2.54. The van der Waals surface area contributed by atoms with Crippen LogP contribution in [0.25, 0.3) is 0 Å². The number of nitrogens with zero attached hydrogens (tertiary/aromatic N) is 3. The molecule has 1 heterocycles. The quantitative estimate of drug-likeness (QED) is 0.0266. The lowest BCUT2D eigenvalue weighted by atomic mass is 9.92. The second-order valence-electron chi connectivity index (χ2n) is 30.6. The van der Waals surface area contributed by atoms with E-state index < -0.39 is 290 Å². The Morgan fingerprint density at radius 1 is 0.217 bits per heavy atom. The Kier molecular flexibility index (Phi) is 60.6. The number of alkyl carbamates (subject to hydrolysis) is 3. The van der Waals surface area contributed by atoms with E-state index in [0.29, 0.717) is 62.8 Å². The third kappa shape index (κ3) is 50.6. The molecule has 3 N–H and O–H groups in total. The maximum absolute atomic E-state index is 14.4. The minimum absolute atomic E-state index is 0.0662. The lowest BCUT2D eigenvalue weighted by molar-refractivity contribution is -0.258. The molecule has 0 aromatic carbocycles. The number of ether oxygens (including phenoxy) is 21. The molecule has 0 unspecified atom stereocenters. The summed E-state index contributed by atoms with van der Waals surface area (Å²) >= 11 is 0. The number of carbonyl (C=O) groups excluding carboxylic acids is 18. The number of amides is 3. The second kappa shape index (κ2) is 69.1. The largest absolute Gasteiger partial charge is 0.462 e. The first-order valence-electron chi connectivity index (χ1n) is 43.7. The minimum Gasteiger partial charge on any atom is -0.462 e. The third-order valence-corrected chi connectivity index (χ3v) is 19.1. The van der Waals surface area contributed by atoms with Gasteiger partial charge < -0.3 is 115 Å². The van der Waals surface area contributed by atoms with Crippen LogP contribution in [0.2, 0.25) is 0 Å². The van der Waals surface area contributed by atoms with Crippen LogP contribution < -0.4 is 33.0 Å². The first-order valence-corrected chi connectivity index (χ1v) is 43.7. The molecule has 0 spiro atoms. The Balaban J connectivity index is 3.75. The fraction of sp³-hybridized carbons (Fsp3) is 0.463. The van der Waals surface area contributed by atoms with Gasteiger partial charge in [0, 0.05) is 137 Å². The van der Waals surface area contributed by atoms with Gasteiger partial charge in [0.25, 0.3) is 0 Å². The molecule has 0 aliphatic heterocycles. The zero-order chi connectivity index (χ0) is 107. The van der Waals surface area contributed by atoms with Crippen LogP contribution in [0.3, 0.4) is 0 Å². The van der Waals surface area contributed by atoms with Crippen molar-refractivity contribution in [1.82, 2.24) is 29.7 Å². The predicted octanol–water partition coefficient (Wildman–Crippen LogP) is 4.50. The maximum Gasteiger partial charge on any atom is 0.407 e. The van der Waals surface area contributed by atoms with Crippen molar-refractivity contribution < 1.29 is 186 Å². The molecule has 48 nitrogen and oxygen atoms in total. The van der Waals surface area contributed by atoms with Crippen LogP contribution in [0.5, 0.6) is 0 Å². The van der Waals surface area contributed by atoms with Gasteiger partial charge in [0.05, 0.1) is 42.7 Å². The smallest absolute Gasteiger partial charge is 0.407 e. The molecule has 0 aliphatic carbocycles. The predicted molar refractivity (Wildman–Crippen MR) is 498 cm³/mol. The molecular formula is C95H124N6O42. The fourth-order valence-corrected chi connectivity index (χ4v) is 11.5. The summed E-state index contributed by atoms with van der Waals surface area (Å²) in [6.07, 6.45) is 10.8. The average Bonchev–Trinajstić information content (AvgIpc) is 0.783. The summed E-state index contributed by atoms with van der Waals surface area (Å²) < 4.78 is 116. The zero-order valence-electron chi connectivity index (χ0n) is 79.6. The molecule has 48 heteroatoms. The van der Waals surface area contributed by atoms with Crippen molar-refractivity contribution in [3.8, 4) is 0 Å². The zero-order valence-corrected chi connectivity index (χ0v) is 79.6. The number of hydrogen-bond acceptors (Lipinski definition) is 42. The highest BCUT2D eigenvalue weighted by molar-refractivity contribution is 5.87. The highest BCUT2D eigenvalue weighted by Gasteiger charge is 2.47. The van der Waals surface area contributed by atoms with Gasteiger partial charge in [-0.1, -0.05) is 137 Å². The molecule has 143 heavy (non-hydrogen) atoms. The summed E-state index contributed by atoms with van der Waals surface area (Å²) in [5.41, 5.74) is -10.2. The number of rotatable bonds is 80. The molecule has 0 saturated carbocycles. The van der Waals surface area contributed by atoms with Crippen LogP contribution in [0.1, 0.15) is 83.5 Å². The molecule has 0 radical (unpaired) electrons. The number of aromatic nitrogens is 3. The summed E-state index contributed by atoms with van der Waals surface area (Å²) in [6.45, 7) is 35.0. The second-order valence-corrected chi connectivity index (χ2v) is 30.6. The average molecular weight is 2020 g/mol. The Morgan fingerprint density at radius 2 is 0.420 bits per heavy atom. The summed E-state index contributed by atoms with van der Waals surface area (Å²) in [5, 5.41) is 7.64. The van der Waals surface area contributed by atoms with Gasteiger partial charge in [-0.3, -0.25) is 0 Å². The van der Waals surface area contributed by atoms with Crippen LogP contribution in [0, 0.1) is 16.2 Å². The van der Waals surface area contributed by atoms with E-state index in [1.54, 1.807) is 0 Å². The fourth-order valence-electron chi connectivity index (χ4n) is 11.5. The molecule has 0 fully saturated rings. The standard InChI is InChI=1S/C95H124N6O42/c1-16-69(102)126-54-90(55-127-70(103)17-2,56-128-71(104)18-3)51-123-50-43-93(63-133-76(109)23-8,64-134-77(110)24-9)143-86(119)98-46-39-33-36-42-49-101-88(121)99(47-40-34-31-37-44-96-84(117)137-61-91(57-129-72(105)19-4,58-130-73(106)20-5)52-124-65-94(139-80(113)27-12,140-81(114)28-13)67-135-78(111)25-10)87(120)100(89(101)122)48-41-35-32-38-45-97-85(118)138-62-92(59-131-74(107)21-6,60-132-75(108)22-7)53-125-66-95(141-82(115)29-14,142-83(116)30-15)68-136-79(112)26-11/h16-30H,1-15,31-68H2,(H,96,117)(H,97,118)(H,98,119). The van der Waals surface area contributed by atoms with E-state index in [4.69, 9.17) is 99.5 Å². The van der Waals surface area contributed by atoms with Gasteiger partial charge >= 0.3 is 136 Å². The third-order valence-electron chi connectivity index (χ3n) is 19.1.